The molecule has 1 rings (SSSR count). The molecule has 82 valence electrons. The van der Waals surface area contributed by atoms with E-state index in [0.29, 0.717) is 6.54 Å². The average Bonchev–Trinajstić information content (AvgIpc) is 2.18. The van der Waals surface area contributed by atoms with Crippen LogP contribution in [0, 0.1) is 6.92 Å². The number of aryl methyl sites for hydroxylation is 1. The molecule has 1 aromatic rings. The summed E-state index contributed by atoms with van der Waals surface area (Å²) in [5.41, 5.74) is 2.21. The molecule has 3 nitrogen and oxygen atoms in total. The Morgan fingerprint density at radius 2 is 2.13 bits per heavy atom. The molecule has 15 heavy (non-hydrogen) atoms. The van der Waals surface area contributed by atoms with Gasteiger partial charge in [0.15, 0.2) is 0 Å². The van der Waals surface area contributed by atoms with Crippen molar-refractivity contribution in [3.05, 3.63) is 29.3 Å². The van der Waals surface area contributed by atoms with E-state index in [2.05, 4.69) is 0 Å². The van der Waals surface area contributed by atoms with Crippen LogP contribution in [-0.4, -0.2) is 25.0 Å². The predicted molar refractivity (Wildman–Crippen MR) is 59.9 cm³/mol. The molecule has 1 aromatic carbocycles. The minimum Gasteiger partial charge on any atom is -0.496 e. The van der Waals surface area contributed by atoms with Gasteiger partial charge in [0.2, 0.25) is 5.91 Å². The maximum absolute atomic E-state index is 11.1. The summed E-state index contributed by atoms with van der Waals surface area (Å²) in [7, 11) is 3.45. The quantitative estimate of drug-likeness (QED) is 0.758. The summed E-state index contributed by atoms with van der Waals surface area (Å²) < 4.78 is 5.17. The van der Waals surface area contributed by atoms with Crippen molar-refractivity contribution in [2.45, 2.75) is 20.4 Å². The minimum atomic E-state index is 0.0727. The van der Waals surface area contributed by atoms with Gasteiger partial charge in [-0.2, -0.15) is 0 Å². The zero-order chi connectivity index (χ0) is 11.4. The van der Waals surface area contributed by atoms with E-state index in [0.717, 1.165) is 16.9 Å². The largest absolute Gasteiger partial charge is 0.496 e. The monoisotopic (exact) mass is 207 g/mol. The highest BCUT2D eigenvalue weighted by Crippen LogP contribution is 2.19. The predicted octanol–water partition coefficient (Wildman–Crippen LogP) is 1.98. The van der Waals surface area contributed by atoms with Crippen molar-refractivity contribution >= 4 is 5.91 Å². The molecule has 0 saturated carbocycles. The zero-order valence-corrected chi connectivity index (χ0v) is 9.70. The van der Waals surface area contributed by atoms with Crippen molar-refractivity contribution < 1.29 is 9.53 Å². The molecule has 3 heteroatoms. The summed E-state index contributed by atoms with van der Waals surface area (Å²) in [5, 5.41) is 0. The number of hydrogen-bond donors (Lipinski definition) is 0. The van der Waals surface area contributed by atoms with Crippen LogP contribution in [0.2, 0.25) is 0 Å². The third-order valence-electron chi connectivity index (χ3n) is 2.42. The normalized spacial score (nSPS) is 9.87. The lowest BCUT2D eigenvalue weighted by Gasteiger charge is -2.15. The van der Waals surface area contributed by atoms with Crippen LogP contribution in [0.4, 0.5) is 0 Å². The highest BCUT2D eigenvalue weighted by Gasteiger charge is 2.05. The molecule has 0 aliphatic rings. The van der Waals surface area contributed by atoms with Gasteiger partial charge in [-0.1, -0.05) is 12.1 Å². The lowest BCUT2D eigenvalue weighted by atomic mass is 10.1. The molecule has 0 unspecified atom stereocenters. The number of rotatable bonds is 3. The summed E-state index contributed by atoms with van der Waals surface area (Å²) in [5.74, 6) is 0.952. The first-order valence-corrected chi connectivity index (χ1v) is 4.90. The first-order chi connectivity index (χ1) is 7.04. The van der Waals surface area contributed by atoms with Crippen LogP contribution in [0.15, 0.2) is 18.2 Å². The molecule has 0 spiro atoms. The van der Waals surface area contributed by atoms with Gasteiger partial charge in [0.1, 0.15) is 5.75 Å². The SMILES string of the molecule is COc1ccc(CN(C)C(C)=O)cc1C. The molecular weight excluding hydrogens is 190 g/mol. The molecule has 0 fully saturated rings. The van der Waals surface area contributed by atoms with Crippen LogP contribution in [0.25, 0.3) is 0 Å². The smallest absolute Gasteiger partial charge is 0.219 e. The second-order valence-corrected chi connectivity index (χ2v) is 3.68. The Kier molecular flexibility index (Phi) is 3.72. The van der Waals surface area contributed by atoms with Crippen molar-refractivity contribution in [1.29, 1.82) is 0 Å². The minimum absolute atomic E-state index is 0.0727. The molecule has 0 heterocycles. The molecule has 0 atom stereocenters. The van der Waals surface area contributed by atoms with Crippen LogP contribution in [0.5, 0.6) is 5.75 Å². The summed E-state index contributed by atoms with van der Waals surface area (Å²) >= 11 is 0. The van der Waals surface area contributed by atoms with Crippen LogP contribution >= 0.6 is 0 Å². The zero-order valence-electron chi connectivity index (χ0n) is 9.70. The lowest BCUT2D eigenvalue weighted by Crippen LogP contribution is -2.22. The highest BCUT2D eigenvalue weighted by molar-refractivity contribution is 5.72. The maximum atomic E-state index is 11.1. The Bertz CT molecular complexity index is 361. The second-order valence-electron chi connectivity index (χ2n) is 3.68. The Balaban J connectivity index is 2.79. The average molecular weight is 207 g/mol. The van der Waals surface area contributed by atoms with E-state index in [9.17, 15) is 4.79 Å². The van der Waals surface area contributed by atoms with E-state index in [1.54, 1.807) is 26.0 Å². The number of amides is 1. The lowest BCUT2D eigenvalue weighted by molar-refractivity contribution is -0.128. The molecule has 0 aliphatic carbocycles. The van der Waals surface area contributed by atoms with E-state index in [1.807, 2.05) is 25.1 Å². The van der Waals surface area contributed by atoms with Crippen molar-refractivity contribution in [3.63, 3.8) is 0 Å². The number of carbonyl (C=O) groups is 1. The molecule has 0 saturated heterocycles. The molecule has 0 aliphatic heterocycles. The first-order valence-electron chi connectivity index (χ1n) is 4.90. The first kappa shape index (κ1) is 11.6. The highest BCUT2D eigenvalue weighted by atomic mass is 16.5. The molecule has 0 aromatic heterocycles. The number of ether oxygens (including phenoxy) is 1. The molecule has 1 amide bonds. The number of nitrogens with zero attached hydrogens (tertiary/aromatic N) is 1. The molecule has 0 N–H and O–H groups in total. The van der Waals surface area contributed by atoms with Gasteiger partial charge in [0, 0.05) is 20.5 Å². The van der Waals surface area contributed by atoms with Gasteiger partial charge in [-0.3, -0.25) is 4.79 Å². The maximum Gasteiger partial charge on any atom is 0.219 e. The van der Waals surface area contributed by atoms with E-state index < -0.39 is 0 Å². The number of methoxy groups -OCH3 is 1. The number of carbonyl (C=O) groups excluding carboxylic acids is 1. The Morgan fingerprint density at radius 1 is 1.47 bits per heavy atom. The van der Waals surface area contributed by atoms with Crippen molar-refractivity contribution in [3.8, 4) is 5.75 Å². The number of hydrogen-bond acceptors (Lipinski definition) is 2. The van der Waals surface area contributed by atoms with Gasteiger partial charge in [-0.25, -0.2) is 0 Å². The van der Waals surface area contributed by atoms with Crippen LogP contribution in [0.1, 0.15) is 18.1 Å². The summed E-state index contributed by atoms with van der Waals surface area (Å²) in [4.78, 5) is 12.7. The summed E-state index contributed by atoms with van der Waals surface area (Å²) in [6, 6.07) is 5.95. The fourth-order valence-corrected chi connectivity index (χ4v) is 1.42. The van der Waals surface area contributed by atoms with Crippen LogP contribution in [-0.2, 0) is 11.3 Å². The number of benzene rings is 1. The van der Waals surface area contributed by atoms with Gasteiger partial charge in [0.05, 0.1) is 7.11 Å². The fraction of sp³-hybridized carbons (Fsp3) is 0.417. The Labute approximate surface area is 90.7 Å². The summed E-state index contributed by atoms with van der Waals surface area (Å²) in [6.07, 6.45) is 0. The standard InChI is InChI=1S/C12H17NO2/c1-9-7-11(5-6-12(9)15-4)8-13(3)10(2)14/h5-7H,8H2,1-4H3. The van der Waals surface area contributed by atoms with Gasteiger partial charge >= 0.3 is 0 Å². The third kappa shape index (κ3) is 2.98. The summed E-state index contributed by atoms with van der Waals surface area (Å²) in [6.45, 7) is 4.20. The second kappa shape index (κ2) is 4.82. The van der Waals surface area contributed by atoms with Gasteiger partial charge in [-0.05, 0) is 24.1 Å². The van der Waals surface area contributed by atoms with Gasteiger partial charge < -0.3 is 9.64 Å². The van der Waals surface area contributed by atoms with E-state index in [4.69, 9.17) is 4.74 Å². The van der Waals surface area contributed by atoms with Crippen LogP contribution < -0.4 is 4.74 Å². The molecule has 0 bridgehead atoms. The van der Waals surface area contributed by atoms with E-state index >= 15 is 0 Å². The van der Waals surface area contributed by atoms with Crippen molar-refractivity contribution in [2.75, 3.05) is 14.2 Å². The third-order valence-corrected chi connectivity index (χ3v) is 2.42. The van der Waals surface area contributed by atoms with E-state index in [-0.39, 0.29) is 5.91 Å². The van der Waals surface area contributed by atoms with Gasteiger partial charge in [0.25, 0.3) is 0 Å². The van der Waals surface area contributed by atoms with Gasteiger partial charge in [-0.15, -0.1) is 0 Å². The molecular formula is C12H17NO2. The molecule has 0 radical (unpaired) electrons. The van der Waals surface area contributed by atoms with Crippen molar-refractivity contribution in [2.24, 2.45) is 0 Å². The van der Waals surface area contributed by atoms with Crippen molar-refractivity contribution in [1.82, 2.24) is 4.90 Å². The van der Waals surface area contributed by atoms with E-state index in [1.165, 1.54) is 0 Å². The topological polar surface area (TPSA) is 29.5 Å². The fourth-order valence-electron chi connectivity index (χ4n) is 1.42. The Hall–Kier alpha value is -1.51. The Morgan fingerprint density at radius 3 is 2.60 bits per heavy atom. The van der Waals surface area contributed by atoms with Crippen LogP contribution in [0.3, 0.4) is 0 Å².